The molecule has 402 valence electrons. The van der Waals surface area contributed by atoms with Crippen LogP contribution in [0.5, 0.6) is 5.75 Å². The van der Waals surface area contributed by atoms with Gasteiger partial charge in [-0.2, -0.15) is 0 Å². The van der Waals surface area contributed by atoms with Gasteiger partial charge in [0.15, 0.2) is 5.60 Å². The second kappa shape index (κ2) is 18.3. The smallest absolute Gasteiger partial charge is 0.413 e. The molecule has 17 nitrogen and oxygen atoms in total. The van der Waals surface area contributed by atoms with E-state index in [0.29, 0.717) is 88.2 Å². The zero-order valence-corrected chi connectivity index (χ0v) is 44.9. The minimum absolute atomic E-state index is 0.0507. The Morgan fingerprint density at radius 3 is 2.49 bits per heavy atom. The Kier molecular flexibility index (Phi) is 13.0. The third-order valence-corrected chi connectivity index (χ3v) is 18.4. The highest BCUT2D eigenvalue weighted by atomic mass is 16.6. The number of fused-ring (bicyclic) bond motifs is 6. The number of likely N-dealkylation sites (N-methyl/N-ethyl adjacent to an activating group) is 1. The molecular formula is C57H78N6O11. The van der Waals surface area contributed by atoms with Crippen LogP contribution in [0.2, 0.25) is 0 Å². The molecule has 12 atom stereocenters. The van der Waals surface area contributed by atoms with Crippen molar-refractivity contribution in [1.82, 2.24) is 25.0 Å². The molecule has 7 heterocycles. The van der Waals surface area contributed by atoms with E-state index in [1.54, 1.807) is 47.8 Å². The maximum atomic E-state index is 15.5. The summed E-state index contributed by atoms with van der Waals surface area (Å²) in [6.45, 7) is 15.9. The molecule has 4 unspecified atom stereocenters. The average Bonchev–Trinajstić information content (AvgIpc) is 4.11. The maximum Gasteiger partial charge on any atom is 0.413 e. The van der Waals surface area contributed by atoms with E-state index in [2.05, 4.69) is 32.2 Å². The lowest BCUT2D eigenvalue weighted by Gasteiger charge is -2.63. The van der Waals surface area contributed by atoms with Crippen LogP contribution in [0.3, 0.4) is 0 Å². The van der Waals surface area contributed by atoms with Crippen LogP contribution in [-0.2, 0) is 41.1 Å². The van der Waals surface area contributed by atoms with Gasteiger partial charge in [-0.15, -0.1) is 0 Å². The molecule has 17 heteroatoms. The summed E-state index contributed by atoms with van der Waals surface area (Å²) in [5.41, 5.74) is -3.98. The van der Waals surface area contributed by atoms with Crippen LogP contribution < -0.4 is 15.0 Å². The first kappa shape index (κ1) is 52.4. The first-order valence-corrected chi connectivity index (χ1v) is 26.7. The van der Waals surface area contributed by atoms with Gasteiger partial charge in [0.05, 0.1) is 44.6 Å². The van der Waals surface area contributed by atoms with Crippen LogP contribution in [0.15, 0.2) is 60.7 Å². The number of aromatic amines is 1. The van der Waals surface area contributed by atoms with Crippen molar-refractivity contribution in [3.8, 4) is 5.75 Å². The number of rotatable bonds is 10. The second-order valence-electron chi connectivity index (χ2n) is 23.9. The number of ether oxygens (including phenoxy) is 4. The number of para-hydroxylation sites is 1. The molecular weight excluding hydrogens is 945 g/mol. The average molecular weight is 1020 g/mol. The van der Waals surface area contributed by atoms with Crippen LogP contribution >= 0.6 is 0 Å². The van der Waals surface area contributed by atoms with Gasteiger partial charge in [0.1, 0.15) is 28.6 Å². The summed E-state index contributed by atoms with van der Waals surface area (Å²) < 4.78 is 24.0. The normalized spacial score (nSPS) is 35.5. The fraction of sp³-hybridized carbons (Fsp3) is 0.632. The SMILES string of the molecule is CC[C@]1(O)CC2CN(CCc3c([nH]c4ccccc34)[C@@](C(=O)OC)(c3cc4c(cc3OC)N(C)[C@H]3C(O)(C(=O)NC/C=C/[C@@H](O)[C@@H]5COC(C)(C)N5C(=O)OC(C)(C)C)[C@H](O)[C@]5(CC)C=CCN6CCC43[C@@H]65)C2)C1. The summed E-state index contributed by atoms with van der Waals surface area (Å²) in [4.78, 5) is 56.0. The van der Waals surface area contributed by atoms with Gasteiger partial charge in [0, 0.05) is 90.6 Å². The second-order valence-corrected chi connectivity index (χ2v) is 23.9. The molecule has 1 aromatic heterocycles. The number of anilines is 1. The number of piperidine rings is 1. The number of aliphatic hydroxyl groups is 4. The molecule has 10 rings (SSSR count). The lowest BCUT2D eigenvalue weighted by atomic mass is 9.47. The molecule has 6 aliphatic heterocycles. The molecule has 7 aliphatic rings. The molecule has 3 saturated heterocycles. The van der Waals surface area contributed by atoms with Crippen LogP contribution in [0.1, 0.15) is 103 Å². The van der Waals surface area contributed by atoms with E-state index in [1.165, 1.54) is 18.1 Å². The monoisotopic (exact) mass is 1020 g/mol. The maximum absolute atomic E-state index is 15.5. The van der Waals surface area contributed by atoms with E-state index in [1.807, 2.05) is 62.2 Å². The van der Waals surface area contributed by atoms with Crippen molar-refractivity contribution >= 4 is 34.6 Å². The number of carbonyl (C=O) groups is 3. The van der Waals surface area contributed by atoms with Gasteiger partial charge in [0.25, 0.3) is 5.91 Å². The standard InChI is InChI=1S/C57H78N6O11/c1-11-53(69)29-34-30-56(49(67)72-10,44-36(20-25-61(31-34)33-53)35-17-13-14-18-39(35)59-44)38-27-37-40(28-43(38)71-9)60(8)46-55(37)22-26-62-24-16-21-54(12-2,45(55)62)47(65)57(46,70)48(66)58-23-15-19-42(64)41-32-73-52(6,7)63(41)50(68)74-51(3,4)5/h13-19,21,27-28,34,41-42,45-47,59,64-65,69-70H,11-12,20,22-26,29-33H2,1-10H3,(H,58,66)/b19-15+/t34?,41-,42+,45-,46+,47+,53-,54+,55?,56-,57?/m0/s1. The minimum Gasteiger partial charge on any atom is -0.496 e. The number of aromatic nitrogens is 1. The predicted octanol–water partition coefficient (Wildman–Crippen LogP) is 4.65. The van der Waals surface area contributed by atoms with Crippen molar-refractivity contribution in [2.75, 3.05) is 72.0 Å². The number of hydrogen-bond donors (Lipinski definition) is 6. The molecule has 1 saturated carbocycles. The first-order chi connectivity index (χ1) is 35.0. The molecule has 1 aliphatic carbocycles. The highest BCUT2D eigenvalue weighted by Crippen LogP contribution is 2.67. The summed E-state index contributed by atoms with van der Waals surface area (Å²) in [5.74, 6) is -0.947. The minimum atomic E-state index is -2.41. The molecule has 2 aromatic carbocycles. The zero-order chi connectivity index (χ0) is 53.1. The van der Waals surface area contributed by atoms with Gasteiger partial charge in [-0.25, -0.2) is 4.79 Å². The van der Waals surface area contributed by atoms with E-state index in [-0.39, 0.29) is 25.1 Å². The Morgan fingerprint density at radius 2 is 1.78 bits per heavy atom. The Hall–Kier alpha value is -5.01. The summed E-state index contributed by atoms with van der Waals surface area (Å²) in [6.07, 6.45) is 6.62. The number of amides is 2. The fourth-order valence-corrected chi connectivity index (χ4v) is 15.4. The van der Waals surface area contributed by atoms with Crippen LogP contribution in [0.4, 0.5) is 10.5 Å². The first-order valence-electron chi connectivity index (χ1n) is 26.7. The number of carbonyl (C=O) groups excluding carboxylic acids is 3. The van der Waals surface area contributed by atoms with Gasteiger partial charge >= 0.3 is 12.1 Å². The summed E-state index contributed by atoms with van der Waals surface area (Å²) >= 11 is 0. The summed E-state index contributed by atoms with van der Waals surface area (Å²) in [6, 6.07) is 9.99. The summed E-state index contributed by atoms with van der Waals surface area (Å²) in [7, 11) is 4.87. The molecule has 2 bridgehead atoms. The number of aliphatic hydroxyl groups excluding tert-OH is 2. The Balaban J connectivity index is 1.09. The zero-order valence-electron chi connectivity index (χ0n) is 44.9. The van der Waals surface area contributed by atoms with Gasteiger partial charge in [-0.1, -0.05) is 56.4 Å². The lowest BCUT2D eigenvalue weighted by Crippen LogP contribution is -2.81. The third-order valence-electron chi connectivity index (χ3n) is 18.4. The highest BCUT2D eigenvalue weighted by molar-refractivity contribution is 5.95. The van der Waals surface area contributed by atoms with Crippen molar-refractivity contribution in [2.45, 2.75) is 151 Å². The molecule has 2 amide bonds. The topological polar surface area (TPSA) is 210 Å². The number of hydrogen-bond acceptors (Lipinski definition) is 14. The van der Waals surface area contributed by atoms with Crippen molar-refractivity contribution in [2.24, 2.45) is 11.3 Å². The molecule has 6 N–H and O–H groups in total. The van der Waals surface area contributed by atoms with Gasteiger partial charge < -0.3 is 54.6 Å². The van der Waals surface area contributed by atoms with Gasteiger partial charge in [0.2, 0.25) is 0 Å². The van der Waals surface area contributed by atoms with Crippen molar-refractivity contribution in [3.05, 3.63) is 83.1 Å². The number of nitrogens with one attached hydrogen (secondary N) is 2. The van der Waals surface area contributed by atoms with E-state index < -0.39 is 81.0 Å². The Bertz CT molecular complexity index is 2770. The Labute approximate surface area is 434 Å². The fourth-order valence-electron chi connectivity index (χ4n) is 15.4. The molecule has 0 radical (unpaired) electrons. The number of H-pyrrole nitrogens is 1. The van der Waals surface area contributed by atoms with Crippen LogP contribution in [-0.4, -0.2) is 178 Å². The molecule has 1 spiro atoms. The van der Waals surface area contributed by atoms with E-state index >= 15 is 9.59 Å². The molecule has 74 heavy (non-hydrogen) atoms. The van der Waals surface area contributed by atoms with E-state index in [4.69, 9.17) is 18.9 Å². The predicted molar refractivity (Wildman–Crippen MR) is 279 cm³/mol. The van der Waals surface area contributed by atoms with Crippen molar-refractivity contribution < 1.29 is 53.8 Å². The van der Waals surface area contributed by atoms with Gasteiger partial charge in [-0.05, 0) is 109 Å². The van der Waals surface area contributed by atoms with Crippen LogP contribution in [0.25, 0.3) is 10.9 Å². The third kappa shape index (κ3) is 7.67. The largest absolute Gasteiger partial charge is 0.496 e. The highest BCUT2D eigenvalue weighted by Gasteiger charge is 2.78. The lowest BCUT2D eigenvalue weighted by molar-refractivity contribution is -0.203. The van der Waals surface area contributed by atoms with E-state index in [9.17, 15) is 25.2 Å². The number of esters is 1. The summed E-state index contributed by atoms with van der Waals surface area (Å²) in [5, 5.41) is 54.2. The van der Waals surface area contributed by atoms with Crippen molar-refractivity contribution in [3.63, 3.8) is 0 Å². The van der Waals surface area contributed by atoms with Gasteiger partial charge in [-0.3, -0.25) is 24.3 Å². The number of benzene rings is 2. The van der Waals surface area contributed by atoms with Crippen LogP contribution in [0, 0.1) is 11.3 Å². The van der Waals surface area contributed by atoms with E-state index in [0.717, 1.165) is 27.7 Å². The number of methoxy groups -OCH3 is 2. The molecule has 4 fully saturated rings. The number of nitrogens with zero attached hydrogens (tertiary/aromatic N) is 4. The Morgan fingerprint density at radius 1 is 1.03 bits per heavy atom. The van der Waals surface area contributed by atoms with Crippen molar-refractivity contribution in [1.29, 1.82) is 0 Å². The molecule has 3 aromatic rings. The quantitative estimate of drug-likeness (QED) is 0.121.